The predicted molar refractivity (Wildman–Crippen MR) is 105 cm³/mol. The summed E-state index contributed by atoms with van der Waals surface area (Å²) in [6, 6.07) is 5.27. The van der Waals surface area contributed by atoms with Crippen molar-refractivity contribution in [2.45, 2.75) is 31.8 Å². The van der Waals surface area contributed by atoms with Crippen molar-refractivity contribution >= 4 is 5.91 Å². The van der Waals surface area contributed by atoms with Crippen LogP contribution in [0.15, 0.2) is 24.4 Å². The van der Waals surface area contributed by atoms with E-state index in [0.717, 1.165) is 43.9 Å². The van der Waals surface area contributed by atoms with E-state index in [-0.39, 0.29) is 11.9 Å². The van der Waals surface area contributed by atoms with E-state index in [2.05, 4.69) is 16.9 Å². The first kappa shape index (κ1) is 18.7. The van der Waals surface area contributed by atoms with Crippen LogP contribution in [0.3, 0.4) is 0 Å². The summed E-state index contributed by atoms with van der Waals surface area (Å²) in [5.74, 6) is 1.68. The Balaban J connectivity index is 1.65. The molecule has 0 saturated carbocycles. The molecule has 1 aromatic heterocycles. The number of aromatic nitrogens is 2. The van der Waals surface area contributed by atoms with E-state index in [4.69, 9.17) is 14.5 Å². The first-order valence-corrected chi connectivity index (χ1v) is 9.67. The van der Waals surface area contributed by atoms with Crippen LogP contribution >= 0.6 is 0 Å². The third-order valence-electron chi connectivity index (χ3n) is 5.60. The number of carbonyl (C=O) groups excluding carboxylic acids is 1. The number of carbonyl (C=O) groups is 1. The Morgan fingerprint density at radius 1 is 1.18 bits per heavy atom. The third-order valence-corrected chi connectivity index (χ3v) is 5.60. The van der Waals surface area contributed by atoms with Gasteiger partial charge in [-0.25, -0.2) is 9.97 Å². The lowest BCUT2D eigenvalue weighted by Crippen LogP contribution is -2.33. The number of hydrogen-bond donors (Lipinski definition) is 0. The molecule has 7 nitrogen and oxygen atoms in total. The summed E-state index contributed by atoms with van der Waals surface area (Å²) >= 11 is 0. The van der Waals surface area contributed by atoms with E-state index in [1.807, 2.05) is 17.2 Å². The van der Waals surface area contributed by atoms with Crippen molar-refractivity contribution in [2.75, 3.05) is 34.4 Å². The van der Waals surface area contributed by atoms with Gasteiger partial charge in [0.15, 0.2) is 5.82 Å². The molecule has 2 aliphatic heterocycles. The van der Waals surface area contributed by atoms with Crippen LogP contribution in [0, 0.1) is 0 Å². The Kier molecular flexibility index (Phi) is 5.17. The molecule has 1 aromatic carbocycles. The van der Waals surface area contributed by atoms with E-state index >= 15 is 0 Å². The van der Waals surface area contributed by atoms with Crippen molar-refractivity contribution in [2.24, 2.45) is 0 Å². The maximum absolute atomic E-state index is 13.4. The van der Waals surface area contributed by atoms with E-state index in [9.17, 15) is 4.79 Å². The van der Waals surface area contributed by atoms with Crippen molar-refractivity contribution in [3.8, 4) is 11.5 Å². The third kappa shape index (κ3) is 3.30. The number of hydrogen-bond acceptors (Lipinski definition) is 6. The van der Waals surface area contributed by atoms with Gasteiger partial charge in [0.05, 0.1) is 20.3 Å². The van der Waals surface area contributed by atoms with Gasteiger partial charge in [0, 0.05) is 43.5 Å². The number of likely N-dealkylation sites (tertiary alicyclic amines) is 1. The average Bonchev–Trinajstić information content (AvgIpc) is 3.22. The summed E-state index contributed by atoms with van der Waals surface area (Å²) in [6.07, 6.45) is 4.64. The lowest BCUT2D eigenvalue weighted by molar-refractivity contribution is 0.0722. The van der Waals surface area contributed by atoms with Crippen molar-refractivity contribution in [3.63, 3.8) is 0 Å². The number of benzene rings is 1. The fraction of sp³-hybridized carbons (Fsp3) is 0.476. The molecule has 0 spiro atoms. The molecule has 0 radical (unpaired) electrons. The van der Waals surface area contributed by atoms with Gasteiger partial charge < -0.3 is 19.3 Å². The van der Waals surface area contributed by atoms with Gasteiger partial charge in [-0.3, -0.25) is 4.79 Å². The van der Waals surface area contributed by atoms with E-state index in [0.29, 0.717) is 23.6 Å². The molecule has 2 aromatic rings. The van der Waals surface area contributed by atoms with Crippen LogP contribution in [0.25, 0.3) is 0 Å². The van der Waals surface area contributed by atoms with Crippen molar-refractivity contribution < 1.29 is 14.3 Å². The summed E-state index contributed by atoms with van der Waals surface area (Å²) in [5, 5.41) is 0. The fourth-order valence-corrected chi connectivity index (χ4v) is 4.12. The first-order valence-electron chi connectivity index (χ1n) is 9.67. The minimum atomic E-state index is -0.118. The molecule has 2 aliphatic rings. The fourth-order valence-electron chi connectivity index (χ4n) is 4.12. The SMILES string of the molecule is COc1cccc(OC)c1C(=O)N1CCCC1c1ncc2c(n1)CCN(C)C2. The molecule has 4 rings (SSSR count). The first-order chi connectivity index (χ1) is 13.6. The van der Waals surface area contributed by atoms with Gasteiger partial charge in [-0.2, -0.15) is 0 Å². The highest BCUT2D eigenvalue weighted by Gasteiger charge is 2.35. The summed E-state index contributed by atoms with van der Waals surface area (Å²) in [5.41, 5.74) is 2.75. The van der Waals surface area contributed by atoms with Crippen molar-refractivity contribution in [1.29, 1.82) is 0 Å². The second-order valence-corrected chi connectivity index (χ2v) is 7.38. The van der Waals surface area contributed by atoms with Gasteiger partial charge in [0.2, 0.25) is 0 Å². The summed E-state index contributed by atoms with van der Waals surface area (Å²) in [4.78, 5) is 27.0. The van der Waals surface area contributed by atoms with Crippen LogP contribution in [0.5, 0.6) is 11.5 Å². The van der Waals surface area contributed by atoms with Gasteiger partial charge in [-0.05, 0) is 32.0 Å². The number of nitrogens with zero attached hydrogens (tertiary/aromatic N) is 4. The van der Waals surface area contributed by atoms with Crippen LogP contribution in [0.1, 0.15) is 46.3 Å². The molecular weight excluding hydrogens is 356 g/mol. The summed E-state index contributed by atoms with van der Waals surface area (Å²) < 4.78 is 10.9. The molecule has 1 amide bonds. The smallest absolute Gasteiger partial charge is 0.262 e. The molecule has 3 heterocycles. The number of rotatable bonds is 4. The topological polar surface area (TPSA) is 67.8 Å². The molecule has 0 N–H and O–H groups in total. The Morgan fingerprint density at radius 2 is 1.93 bits per heavy atom. The number of ether oxygens (including phenoxy) is 2. The van der Waals surface area contributed by atoms with Crippen LogP contribution in [-0.2, 0) is 13.0 Å². The van der Waals surface area contributed by atoms with Gasteiger partial charge in [-0.15, -0.1) is 0 Å². The Hall–Kier alpha value is -2.67. The largest absolute Gasteiger partial charge is 0.496 e. The molecule has 0 aliphatic carbocycles. The Morgan fingerprint density at radius 3 is 2.64 bits per heavy atom. The standard InChI is InChI=1S/C21H26N4O3/c1-24-11-9-15-14(13-24)12-22-20(23-15)16-6-5-10-25(16)21(26)19-17(27-2)7-4-8-18(19)28-3/h4,7-8,12,16H,5-6,9-11,13H2,1-3H3. The normalized spacial score (nSPS) is 19.4. The van der Waals surface area contributed by atoms with Crippen LogP contribution in [-0.4, -0.2) is 60.0 Å². The summed E-state index contributed by atoms with van der Waals surface area (Å²) in [7, 11) is 5.24. The molecule has 1 unspecified atom stereocenters. The van der Waals surface area contributed by atoms with Gasteiger partial charge in [-0.1, -0.05) is 6.07 Å². The van der Waals surface area contributed by atoms with Crippen molar-refractivity contribution in [3.05, 3.63) is 47.0 Å². The maximum Gasteiger partial charge on any atom is 0.262 e. The monoisotopic (exact) mass is 382 g/mol. The molecule has 28 heavy (non-hydrogen) atoms. The Labute approximate surface area is 165 Å². The second-order valence-electron chi connectivity index (χ2n) is 7.38. The molecule has 0 bridgehead atoms. The van der Waals surface area contributed by atoms with Crippen molar-refractivity contribution in [1.82, 2.24) is 19.8 Å². The van der Waals surface area contributed by atoms with Crippen LogP contribution in [0.4, 0.5) is 0 Å². The molecule has 7 heteroatoms. The zero-order valence-electron chi connectivity index (χ0n) is 16.6. The van der Waals surface area contributed by atoms with Gasteiger partial charge in [0.1, 0.15) is 17.1 Å². The molecule has 1 fully saturated rings. The number of amides is 1. The Bertz CT molecular complexity index is 864. The summed E-state index contributed by atoms with van der Waals surface area (Å²) in [6.45, 7) is 2.55. The average molecular weight is 382 g/mol. The number of methoxy groups -OCH3 is 2. The van der Waals surface area contributed by atoms with Gasteiger partial charge in [0.25, 0.3) is 5.91 Å². The highest BCUT2D eigenvalue weighted by molar-refractivity contribution is 6.00. The molecule has 148 valence electrons. The molecule has 1 saturated heterocycles. The zero-order chi connectivity index (χ0) is 19.7. The zero-order valence-corrected chi connectivity index (χ0v) is 16.6. The van der Waals surface area contributed by atoms with Crippen LogP contribution < -0.4 is 9.47 Å². The van der Waals surface area contributed by atoms with E-state index in [1.54, 1.807) is 26.4 Å². The lowest BCUT2D eigenvalue weighted by Gasteiger charge is -2.27. The second kappa shape index (κ2) is 7.75. The highest BCUT2D eigenvalue weighted by Crippen LogP contribution is 2.36. The molecule has 1 atom stereocenters. The maximum atomic E-state index is 13.4. The minimum Gasteiger partial charge on any atom is -0.496 e. The van der Waals surface area contributed by atoms with E-state index < -0.39 is 0 Å². The van der Waals surface area contributed by atoms with E-state index in [1.165, 1.54) is 5.56 Å². The predicted octanol–water partition coefficient (Wildman–Crippen LogP) is 2.46. The highest BCUT2D eigenvalue weighted by atomic mass is 16.5. The van der Waals surface area contributed by atoms with Gasteiger partial charge >= 0.3 is 0 Å². The lowest BCUT2D eigenvalue weighted by atomic mass is 10.1. The quantitative estimate of drug-likeness (QED) is 0.809. The number of likely N-dealkylation sites (N-methyl/N-ethyl adjacent to an activating group) is 1. The van der Waals surface area contributed by atoms with Crippen LogP contribution in [0.2, 0.25) is 0 Å². The molecular formula is C21H26N4O3. The minimum absolute atomic E-state index is 0.0992. The number of fused-ring (bicyclic) bond motifs is 1.